The molecule has 7 nitrogen and oxygen atoms in total. The molecule has 8 heteroatoms. The van der Waals surface area contributed by atoms with Gasteiger partial charge in [-0.1, -0.05) is 0 Å². The van der Waals surface area contributed by atoms with Crippen LogP contribution in [0.5, 0.6) is 0 Å². The Morgan fingerprint density at radius 3 is 2.82 bits per heavy atom. The summed E-state index contributed by atoms with van der Waals surface area (Å²) in [5, 5.41) is 8.49. The summed E-state index contributed by atoms with van der Waals surface area (Å²) in [5.74, 6) is -0.306. The minimum atomic E-state index is -0.319. The average Bonchev–Trinajstić information content (AvgIpc) is 3.00. The first kappa shape index (κ1) is 14.5. The molecule has 0 aliphatic rings. The number of hydrogen-bond donors (Lipinski definition) is 2. The van der Waals surface area contributed by atoms with Gasteiger partial charge in [-0.2, -0.15) is 0 Å². The monoisotopic (exact) mass is 317 g/mol. The number of amides is 1. The van der Waals surface area contributed by atoms with Crippen molar-refractivity contribution in [2.75, 3.05) is 0 Å². The van der Waals surface area contributed by atoms with Crippen molar-refractivity contribution in [2.45, 2.75) is 20.4 Å². The van der Waals surface area contributed by atoms with Gasteiger partial charge < -0.3 is 5.32 Å². The molecule has 2 N–H and O–H groups in total. The topological polar surface area (TPSA) is 92.7 Å². The van der Waals surface area contributed by atoms with Crippen molar-refractivity contribution >= 4 is 28.3 Å². The maximum absolute atomic E-state index is 12.4. The van der Waals surface area contributed by atoms with Crippen LogP contribution in [0.4, 0.5) is 0 Å². The molecule has 22 heavy (non-hydrogen) atoms. The minimum absolute atomic E-state index is 0.306. The number of aromatic amines is 1. The van der Waals surface area contributed by atoms with Crippen molar-refractivity contribution in [1.82, 2.24) is 25.1 Å². The third-order valence-corrected chi connectivity index (χ3v) is 4.22. The van der Waals surface area contributed by atoms with E-state index in [0.29, 0.717) is 28.8 Å². The van der Waals surface area contributed by atoms with Crippen molar-refractivity contribution < 1.29 is 4.79 Å². The molecular weight excluding hydrogens is 302 g/mol. The lowest BCUT2D eigenvalue weighted by Gasteiger charge is -2.05. The highest BCUT2D eigenvalue weighted by Crippen LogP contribution is 2.15. The first-order valence-electron chi connectivity index (χ1n) is 6.71. The lowest BCUT2D eigenvalue weighted by atomic mass is 10.1. The molecular formula is C14H15N5O2S. The van der Waals surface area contributed by atoms with Gasteiger partial charge in [0.15, 0.2) is 5.65 Å². The Hall–Kier alpha value is -2.48. The fourth-order valence-corrected chi connectivity index (χ4v) is 3.01. The van der Waals surface area contributed by atoms with Crippen LogP contribution in [0, 0.1) is 13.8 Å². The first-order chi connectivity index (χ1) is 10.5. The molecule has 0 radical (unpaired) electrons. The Balaban J connectivity index is 1.95. The standard InChI is InChI=1S/C14H15N5O2S/c1-7-4-9(11-12(17-7)19(3)18-14(11)21)13(20)15-5-10-16-8(2)6-22-10/h4,6H,5H2,1-3H3,(H,15,20)(H,18,21). The van der Waals surface area contributed by atoms with E-state index in [1.165, 1.54) is 16.0 Å². The minimum Gasteiger partial charge on any atom is -0.345 e. The van der Waals surface area contributed by atoms with E-state index in [4.69, 9.17) is 0 Å². The smallest absolute Gasteiger partial charge is 0.274 e. The quantitative estimate of drug-likeness (QED) is 0.761. The highest BCUT2D eigenvalue weighted by molar-refractivity contribution is 7.09. The molecule has 1 amide bonds. The Morgan fingerprint density at radius 2 is 2.14 bits per heavy atom. The van der Waals surface area contributed by atoms with Crippen LogP contribution in [0.25, 0.3) is 11.0 Å². The molecule has 0 saturated carbocycles. The Bertz CT molecular complexity index is 921. The van der Waals surface area contributed by atoms with E-state index >= 15 is 0 Å². The molecule has 3 aromatic heterocycles. The van der Waals surface area contributed by atoms with Crippen molar-refractivity contribution in [2.24, 2.45) is 7.05 Å². The van der Waals surface area contributed by atoms with Crippen LogP contribution in [0.2, 0.25) is 0 Å². The van der Waals surface area contributed by atoms with Gasteiger partial charge in [-0.25, -0.2) is 9.97 Å². The second-order valence-electron chi connectivity index (χ2n) is 5.08. The number of rotatable bonds is 3. The predicted molar refractivity (Wildman–Crippen MR) is 84.1 cm³/mol. The number of carbonyl (C=O) groups excluding carboxylic acids is 1. The van der Waals surface area contributed by atoms with E-state index in [1.54, 1.807) is 20.0 Å². The summed E-state index contributed by atoms with van der Waals surface area (Å²) in [5.41, 5.74) is 2.09. The molecule has 3 heterocycles. The number of carbonyl (C=O) groups is 1. The third-order valence-electron chi connectivity index (χ3n) is 3.25. The maximum atomic E-state index is 12.4. The molecule has 0 aliphatic carbocycles. The van der Waals surface area contributed by atoms with Crippen LogP contribution >= 0.6 is 11.3 Å². The highest BCUT2D eigenvalue weighted by Gasteiger charge is 2.17. The largest absolute Gasteiger partial charge is 0.345 e. The number of pyridine rings is 1. The van der Waals surface area contributed by atoms with E-state index in [-0.39, 0.29) is 11.5 Å². The van der Waals surface area contributed by atoms with Crippen LogP contribution in [0.1, 0.15) is 26.8 Å². The zero-order valence-corrected chi connectivity index (χ0v) is 13.2. The van der Waals surface area contributed by atoms with Crippen LogP contribution in [0.15, 0.2) is 16.2 Å². The number of aromatic nitrogens is 4. The zero-order chi connectivity index (χ0) is 15.9. The second kappa shape index (κ2) is 5.38. The van der Waals surface area contributed by atoms with E-state index in [0.717, 1.165) is 10.7 Å². The average molecular weight is 317 g/mol. The first-order valence-corrected chi connectivity index (χ1v) is 7.59. The fourth-order valence-electron chi connectivity index (χ4n) is 2.30. The molecule has 0 atom stereocenters. The Morgan fingerprint density at radius 1 is 1.36 bits per heavy atom. The van der Waals surface area contributed by atoms with Crippen LogP contribution in [-0.2, 0) is 13.6 Å². The summed E-state index contributed by atoms with van der Waals surface area (Å²) in [7, 11) is 1.69. The number of aryl methyl sites for hydroxylation is 3. The number of fused-ring (bicyclic) bond motifs is 1. The van der Waals surface area contributed by atoms with Gasteiger partial charge >= 0.3 is 0 Å². The lowest BCUT2D eigenvalue weighted by molar-refractivity contribution is 0.0952. The summed E-state index contributed by atoms with van der Waals surface area (Å²) < 4.78 is 1.52. The number of H-pyrrole nitrogens is 1. The van der Waals surface area contributed by atoms with Crippen LogP contribution < -0.4 is 10.9 Å². The normalized spacial score (nSPS) is 11.0. The summed E-state index contributed by atoms with van der Waals surface area (Å²) in [4.78, 5) is 33.0. The van der Waals surface area contributed by atoms with Gasteiger partial charge in [0.1, 0.15) is 5.01 Å². The number of thiazole rings is 1. The molecule has 3 rings (SSSR count). The highest BCUT2D eigenvalue weighted by atomic mass is 32.1. The molecule has 3 aromatic rings. The van der Waals surface area contributed by atoms with Gasteiger partial charge in [0, 0.05) is 23.8 Å². The molecule has 0 aliphatic heterocycles. The second-order valence-corrected chi connectivity index (χ2v) is 6.02. The summed E-state index contributed by atoms with van der Waals surface area (Å²) in [6, 6.07) is 1.63. The van der Waals surface area contributed by atoms with Gasteiger partial charge in [-0.15, -0.1) is 11.3 Å². The molecule has 114 valence electrons. The lowest BCUT2D eigenvalue weighted by Crippen LogP contribution is -2.24. The van der Waals surface area contributed by atoms with E-state index in [1.807, 2.05) is 12.3 Å². The van der Waals surface area contributed by atoms with Gasteiger partial charge in [-0.3, -0.25) is 19.4 Å². The van der Waals surface area contributed by atoms with Crippen LogP contribution in [-0.4, -0.2) is 25.7 Å². The van der Waals surface area contributed by atoms with Crippen molar-refractivity contribution in [3.8, 4) is 0 Å². The SMILES string of the molecule is Cc1csc(CNC(=O)c2cc(C)nc3c2c(=O)[nH]n3C)n1. The molecule has 0 unspecified atom stereocenters. The van der Waals surface area contributed by atoms with Crippen molar-refractivity contribution in [1.29, 1.82) is 0 Å². The Labute approximate surface area is 130 Å². The van der Waals surface area contributed by atoms with E-state index in [9.17, 15) is 9.59 Å². The van der Waals surface area contributed by atoms with Crippen molar-refractivity contribution in [3.05, 3.63) is 43.8 Å². The fraction of sp³-hybridized carbons (Fsp3) is 0.286. The van der Waals surface area contributed by atoms with Gasteiger partial charge in [0.05, 0.1) is 17.5 Å². The van der Waals surface area contributed by atoms with Crippen LogP contribution in [0.3, 0.4) is 0 Å². The van der Waals surface area contributed by atoms with Gasteiger partial charge in [-0.05, 0) is 19.9 Å². The summed E-state index contributed by atoms with van der Waals surface area (Å²) >= 11 is 1.49. The van der Waals surface area contributed by atoms with Crippen molar-refractivity contribution in [3.63, 3.8) is 0 Å². The van der Waals surface area contributed by atoms with E-state index in [2.05, 4.69) is 20.4 Å². The number of hydrogen-bond acceptors (Lipinski definition) is 5. The summed E-state index contributed by atoms with van der Waals surface area (Å²) in [6.07, 6.45) is 0. The number of nitrogens with one attached hydrogen (secondary N) is 2. The Kier molecular flexibility index (Phi) is 3.53. The molecule has 0 aromatic carbocycles. The summed E-state index contributed by atoms with van der Waals surface area (Å²) in [6.45, 7) is 4.03. The zero-order valence-electron chi connectivity index (χ0n) is 12.4. The molecule has 0 fully saturated rings. The maximum Gasteiger partial charge on any atom is 0.274 e. The van der Waals surface area contributed by atoms with Gasteiger partial charge in [0.25, 0.3) is 11.5 Å². The predicted octanol–water partition coefficient (Wildman–Crippen LogP) is 1.26. The van der Waals surface area contributed by atoms with E-state index < -0.39 is 0 Å². The molecule has 0 saturated heterocycles. The molecule has 0 bridgehead atoms. The number of nitrogens with zero attached hydrogens (tertiary/aromatic N) is 3. The third kappa shape index (κ3) is 2.52. The van der Waals surface area contributed by atoms with Gasteiger partial charge in [0.2, 0.25) is 0 Å². The molecule has 0 spiro atoms.